The van der Waals surface area contributed by atoms with E-state index in [0.29, 0.717) is 0 Å². The van der Waals surface area contributed by atoms with Crippen LogP contribution < -0.4 is 11.2 Å². The Bertz CT molecular complexity index is 709. The molecular weight excluding hydrogens is 310 g/mol. The van der Waals surface area contributed by atoms with Crippen molar-refractivity contribution in [3.8, 4) is 0 Å². The van der Waals surface area contributed by atoms with Gasteiger partial charge in [0.25, 0.3) is 5.56 Å². The number of hydrogen-bond donors (Lipinski definition) is 1. The number of aromatic nitrogens is 2. The molecule has 0 aliphatic heterocycles. The van der Waals surface area contributed by atoms with Gasteiger partial charge in [-0.1, -0.05) is 6.07 Å². The molecule has 0 spiro atoms. The first-order valence-electron chi connectivity index (χ1n) is 4.90. The first-order chi connectivity index (χ1) is 8.47. The highest BCUT2D eigenvalue weighted by atomic mass is 79.9. The van der Waals surface area contributed by atoms with Gasteiger partial charge in [-0.05, 0) is 22.0 Å². The molecule has 0 saturated carbocycles. The van der Waals surface area contributed by atoms with E-state index in [1.807, 2.05) is 0 Å². The third-order valence-corrected chi connectivity index (χ3v) is 2.89. The van der Waals surface area contributed by atoms with Gasteiger partial charge in [-0.15, -0.1) is 0 Å². The summed E-state index contributed by atoms with van der Waals surface area (Å²) in [6.07, 6.45) is 1.25. The van der Waals surface area contributed by atoms with Crippen LogP contribution in [0.1, 0.15) is 5.56 Å². The molecule has 4 nitrogen and oxygen atoms in total. The molecule has 2 rings (SSSR count). The fourth-order valence-corrected chi connectivity index (χ4v) is 1.78. The van der Waals surface area contributed by atoms with E-state index < -0.39 is 22.9 Å². The standard InChI is InChI=1S/C11H7BrF2N2O2/c12-8-5-16(11(18)15-10(8)17)4-6-1-2-7(13)3-9(6)14/h1-3,5H,4H2,(H,15,17,18). The first-order valence-corrected chi connectivity index (χ1v) is 5.70. The number of nitrogens with zero attached hydrogens (tertiary/aromatic N) is 1. The second kappa shape index (κ2) is 4.85. The predicted molar refractivity (Wildman–Crippen MR) is 64.5 cm³/mol. The smallest absolute Gasteiger partial charge is 0.295 e. The van der Waals surface area contributed by atoms with Gasteiger partial charge >= 0.3 is 5.69 Å². The maximum atomic E-state index is 13.4. The van der Waals surface area contributed by atoms with Gasteiger partial charge in [0.05, 0.1) is 11.0 Å². The van der Waals surface area contributed by atoms with Gasteiger partial charge in [-0.2, -0.15) is 0 Å². The van der Waals surface area contributed by atoms with Gasteiger partial charge < -0.3 is 0 Å². The van der Waals surface area contributed by atoms with Gasteiger partial charge in [0, 0.05) is 17.8 Å². The SMILES string of the molecule is O=c1[nH]c(=O)n(Cc2ccc(F)cc2F)cc1Br. The van der Waals surface area contributed by atoms with Crippen molar-refractivity contribution < 1.29 is 8.78 Å². The molecule has 18 heavy (non-hydrogen) atoms. The average molecular weight is 317 g/mol. The predicted octanol–water partition coefficient (Wildman–Crippen LogP) is 1.63. The molecule has 1 aromatic heterocycles. The Balaban J connectivity index is 2.43. The number of nitrogens with one attached hydrogen (secondary N) is 1. The number of aromatic amines is 1. The van der Waals surface area contributed by atoms with Crippen molar-refractivity contribution in [2.45, 2.75) is 6.54 Å². The zero-order chi connectivity index (χ0) is 13.3. The maximum absolute atomic E-state index is 13.4. The Kier molecular flexibility index (Phi) is 3.42. The van der Waals surface area contributed by atoms with Crippen molar-refractivity contribution in [3.63, 3.8) is 0 Å². The molecule has 0 bridgehead atoms. The van der Waals surface area contributed by atoms with Crippen LogP contribution in [0.2, 0.25) is 0 Å². The van der Waals surface area contributed by atoms with Crippen molar-refractivity contribution >= 4 is 15.9 Å². The Morgan fingerprint density at radius 1 is 1.28 bits per heavy atom. The van der Waals surface area contributed by atoms with Crippen LogP contribution in [-0.4, -0.2) is 9.55 Å². The lowest BCUT2D eigenvalue weighted by Gasteiger charge is -2.06. The summed E-state index contributed by atoms with van der Waals surface area (Å²) >= 11 is 2.97. The first kappa shape index (κ1) is 12.7. The molecule has 1 aromatic carbocycles. The van der Waals surface area contributed by atoms with E-state index in [-0.39, 0.29) is 16.6 Å². The summed E-state index contributed by atoms with van der Waals surface area (Å²) in [7, 11) is 0. The lowest BCUT2D eigenvalue weighted by molar-refractivity contribution is 0.562. The van der Waals surface area contributed by atoms with Crippen molar-refractivity contribution in [3.05, 3.63) is 66.9 Å². The van der Waals surface area contributed by atoms with Crippen LogP contribution in [0, 0.1) is 11.6 Å². The summed E-state index contributed by atoms with van der Waals surface area (Å²) in [6, 6.07) is 3.08. The topological polar surface area (TPSA) is 54.9 Å². The summed E-state index contributed by atoms with van der Waals surface area (Å²) in [5, 5.41) is 0. The normalized spacial score (nSPS) is 10.6. The third kappa shape index (κ3) is 2.56. The van der Waals surface area contributed by atoms with E-state index in [0.717, 1.165) is 16.7 Å². The van der Waals surface area contributed by atoms with E-state index in [1.165, 1.54) is 12.3 Å². The van der Waals surface area contributed by atoms with Gasteiger partial charge in [0.2, 0.25) is 0 Å². The number of H-pyrrole nitrogens is 1. The van der Waals surface area contributed by atoms with Gasteiger partial charge in [-0.25, -0.2) is 13.6 Å². The molecule has 0 aliphatic rings. The van der Waals surface area contributed by atoms with Crippen molar-refractivity contribution in [1.82, 2.24) is 9.55 Å². The highest BCUT2D eigenvalue weighted by molar-refractivity contribution is 9.10. The molecule has 7 heteroatoms. The van der Waals surface area contributed by atoms with E-state index in [1.54, 1.807) is 0 Å². The number of halogens is 3. The molecule has 1 heterocycles. The lowest BCUT2D eigenvalue weighted by atomic mass is 10.2. The zero-order valence-corrected chi connectivity index (χ0v) is 10.5. The highest BCUT2D eigenvalue weighted by Crippen LogP contribution is 2.10. The molecule has 94 valence electrons. The maximum Gasteiger partial charge on any atom is 0.328 e. The lowest BCUT2D eigenvalue weighted by Crippen LogP contribution is -2.30. The molecule has 0 radical (unpaired) electrons. The minimum absolute atomic E-state index is 0.0969. The molecule has 0 unspecified atom stereocenters. The molecule has 0 atom stereocenters. The molecule has 0 fully saturated rings. The average Bonchev–Trinajstić information content (AvgIpc) is 2.29. The van der Waals surface area contributed by atoms with E-state index in [4.69, 9.17) is 0 Å². The molecular formula is C11H7BrF2N2O2. The summed E-state index contributed by atoms with van der Waals surface area (Å²) in [6.45, 7) is -0.0969. The van der Waals surface area contributed by atoms with E-state index in [2.05, 4.69) is 20.9 Å². The van der Waals surface area contributed by atoms with Crippen LogP contribution >= 0.6 is 15.9 Å². The number of benzene rings is 1. The molecule has 2 aromatic rings. The van der Waals surface area contributed by atoms with Crippen LogP contribution in [0.4, 0.5) is 8.78 Å². The van der Waals surface area contributed by atoms with Gasteiger partial charge in [-0.3, -0.25) is 14.3 Å². The zero-order valence-electron chi connectivity index (χ0n) is 8.91. The quantitative estimate of drug-likeness (QED) is 0.915. The Labute approximate surface area is 108 Å². The van der Waals surface area contributed by atoms with E-state index >= 15 is 0 Å². The van der Waals surface area contributed by atoms with Crippen LogP contribution in [0.3, 0.4) is 0 Å². The molecule has 0 saturated heterocycles. The number of hydrogen-bond acceptors (Lipinski definition) is 2. The summed E-state index contributed by atoms with van der Waals surface area (Å²) in [5.74, 6) is -1.43. The van der Waals surface area contributed by atoms with Crippen LogP contribution in [-0.2, 0) is 6.54 Å². The van der Waals surface area contributed by atoms with Gasteiger partial charge in [0.15, 0.2) is 0 Å². The van der Waals surface area contributed by atoms with Gasteiger partial charge in [0.1, 0.15) is 11.6 Å². The second-order valence-electron chi connectivity index (χ2n) is 3.60. The molecule has 1 N–H and O–H groups in total. The van der Waals surface area contributed by atoms with Crippen LogP contribution in [0.15, 0.2) is 38.5 Å². The Morgan fingerprint density at radius 2 is 2.00 bits per heavy atom. The van der Waals surface area contributed by atoms with Crippen molar-refractivity contribution in [1.29, 1.82) is 0 Å². The highest BCUT2D eigenvalue weighted by Gasteiger charge is 2.07. The van der Waals surface area contributed by atoms with Crippen LogP contribution in [0.5, 0.6) is 0 Å². The fraction of sp³-hybridized carbons (Fsp3) is 0.0909. The van der Waals surface area contributed by atoms with Crippen molar-refractivity contribution in [2.75, 3.05) is 0 Å². The fourth-order valence-electron chi connectivity index (χ4n) is 1.43. The largest absolute Gasteiger partial charge is 0.328 e. The minimum atomic E-state index is -0.746. The van der Waals surface area contributed by atoms with E-state index in [9.17, 15) is 18.4 Å². The Morgan fingerprint density at radius 3 is 2.67 bits per heavy atom. The molecule has 0 amide bonds. The van der Waals surface area contributed by atoms with Crippen molar-refractivity contribution in [2.24, 2.45) is 0 Å². The summed E-state index contributed by atoms with van der Waals surface area (Å²) in [4.78, 5) is 24.6. The second-order valence-corrected chi connectivity index (χ2v) is 4.45. The monoisotopic (exact) mass is 316 g/mol. The third-order valence-electron chi connectivity index (χ3n) is 2.32. The minimum Gasteiger partial charge on any atom is -0.295 e. The number of rotatable bonds is 2. The van der Waals surface area contributed by atoms with Crippen LogP contribution in [0.25, 0.3) is 0 Å². The Hall–Kier alpha value is -1.76. The summed E-state index contributed by atoms with van der Waals surface area (Å²) in [5.41, 5.74) is -1.07. The molecule has 0 aliphatic carbocycles. The summed E-state index contributed by atoms with van der Waals surface area (Å²) < 4.78 is 27.4.